The van der Waals surface area contributed by atoms with Gasteiger partial charge in [-0.05, 0) is 50.6 Å². The highest BCUT2D eigenvalue weighted by molar-refractivity contribution is 6.10. The molecule has 2 aromatic carbocycles. The molecule has 0 radical (unpaired) electrons. The van der Waals surface area contributed by atoms with E-state index in [0.29, 0.717) is 0 Å². The van der Waals surface area contributed by atoms with Gasteiger partial charge in [0.1, 0.15) is 0 Å². The van der Waals surface area contributed by atoms with Gasteiger partial charge in [-0.2, -0.15) is 0 Å². The van der Waals surface area contributed by atoms with Gasteiger partial charge in [0.25, 0.3) is 0 Å². The number of hydrogen-bond acceptors (Lipinski definition) is 2. The molecule has 1 aliphatic rings. The van der Waals surface area contributed by atoms with E-state index in [1.165, 1.54) is 6.42 Å². The van der Waals surface area contributed by atoms with Crippen molar-refractivity contribution in [2.75, 3.05) is 13.1 Å². The first kappa shape index (κ1) is 14.0. The third-order valence-corrected chi connectivity index (χ3v) is 4.24. The smallest absolute Gasteiger partial charge is 0.193 e. The number of ketones is 1. The number of benzene rings is 2. The van der Waals surface area contributed by atoms with Crippen LogP contribution in [0.25, 0.3) is 0 Å². The number of rotatable bonds is 4. The van der Waals surface area contributed by atoms with E-state index in [2.05, 4.69) is 17.0 Å². The zero-order chi connectivity index (χ0) is 14.8. The zero-order valence-electron chi connectivity index (χ0n) is 12.7. The van der Waals surface area contributed by atoms with Crippen molar-refractivity contribution in [1.82, 2.24) is 4.90 Å². The Bertz CT molecular complexity index is 671. The minimum Gasteiger partial charge on any atom is -0.299 e. The summed E-state index contributed by atoms with van der Waals surface area (Å²) in [6.07, 6.45) is 1.27. The van der Waals surface area contributed by atoms with Crippen molar-refractivity contribution in [3.63, 3.8) is 0 Å². The molecule has 2 heteroatoms. The van der Waals surface area contributed by atoms with Crippen molar-refractivity contribution in [3.05, 3.63) is 70.3 Å². The van der Waals surface area contributed by atoms with Crippen LogP contribution in [0.15, 0.2) is 42.5 Å². The SMILES string of the molecule is Cc1ccc(C)c(C(=O)c2ccccc2CN2CCC2)c1. The van der Waals surface area contributed by atoms with Gasteiger partial charge in [-0.15, -0.1) is 0 Å². The van der Waals surface area contributed by atoms with E-state index >= 15 is 0 Å². The summed E-state index contributed by atoms with van der Waals surface area (Å²) >= 11 is 0. The molecular formula is C19H21NO. The standard InChI is InChI=1S/C19H21NO/c1-14-8-9-15(2)18(12-14)19(21)17-7-4-3-6-16(17)13-20-10-5-11-20/h3-4,6-9,12H,5,10-11,13H2,1-2H3. The average Bonchev–Trinajstić information content (AvgIpc) is 2.45. The minimum absolute atomic E-state index is 0.146. The second kappa shape index (κ2) is 5.82. The summed E-state index contributed by atoms with van der Waals surface area (Å²) in [6.45, 7) is 7.21. The van der Waals surface area contributed by atoms with Gasteiger partial charge in [0.05, 0.1) is 0 Å². The molecule has 21 heavy (non-hydrogen) atoms. The van der Waals surface area contributed by atoms with E-state index in [9.17, 15) is 4.79 Å². The summed E-state index contributed by atoms with van der Waals surface area (Å²) in [7, 11) is 0. The summed E-state index contributed by atoms with van der Waals surface area (Å²) in [5, 5.41) is 0. The molecular weight excluding hydrogens is 258 g/mol. The maximum atomic E-state index is 12.9. The number of hydrogen-bond donors (Lipinski definition) is 0. The average molecular weight is 279 g/mol. The summed E-state index contributed by atoms with van der Waals surface area (Å²) in [5.41, 5.74) is 4.99. The van der Waals surface area contributed by atoms with Gasteiger partial charge in [-0.25, -0.2) is 0 Å². The molecule has 0 atom stereocenters. The zero-order valence-corrected chi connectivity index (χ0v) is 12.7. The molecule has 0 bridgehead atoms. The topological polar surface area (TPSA) is 20.3 Å². The Labute approximate surface area is 126 Å². The van der Waals surface area contributed by atoms with E-state index in [-0.39, 0.29) is 5.78 Å². The van der Waals surface area contributed by atoms with Crippen LogP contribution in [0, 0.1) is 13.8 Å². The lowest BCUT2D eigenvalue weighted by molar-refractivity contribution is 0.103. The first-order valence-electron chi connectivity index (χ1n) is 7.57. The minimum atomic E-state index is 0.146. The molecule has 108 valence electrons. The number of nitrogens with zero attached hydrogens (tertiary/aromatic N) is 1. The molecule has 2 aromatic rings. The number of aryl methyl sites for hydroxylation is 2. The predicted octanol–water partition coefficient (Wildman–Crippen LogP) is 3.74. The molecule has 0 spiro atoms. The summed E-state index contributed by atoms with van der Waals surface area (Å²) < 4.78 is 0. The Morgan fingerprint density at radius 3 is 2.52 bits per heavy atom. The molecule has 0 aliphatic carbocycles. The highest BCUT2D eigenvalue weighted by Crippen LogP contribution is 2.21. The van der Waals surface area contributed by atoms with Crippen LogP contribution in [0.5, 0.6) is 0 Å². The number of carbonyl (C=O) groups excluding carboxylic acids is 1. The van der Waals surface area contributed by atoms with Crippen molar-refractivity contribution in [3.8, 4) is 0 Å². The van der Waals surface area contributed by atoms with Crippen LogP contribution >= 0.6 is 0 Å². The molecule has 1 saturated heterocycles. The second-order valence-electron chi connectivity index (χ2n) is 5.93. The maximum absolute atomic E-state index is 12.9. The lowest BCUT2D eigenvalue weighted by atomic mass is 9.94. The van der Waals surface area contributed by atoms with Crippen molar-refractivity contribution >= 4 is 5.78 Å². The molecule has 0 N–H and O–H groups in total. The molecule has 1 heterocycles. The Balaban J connectivity index is 1.95. The molecule has 0 aromatic heterocycles. The van der Waals surface area contributed by atoms with Gasteiger partial charge in [0, 0.05) is 17.7 Å². The number of carbonyl (C=O) groups is 1. The first-order chi connectivity index (χ1) is 10.1. The van der Waals surface area contributed by atoms with Crippen LogP contribution in [-0.4, -0.2) is 23.8 Å². The van der Waals surface area contributed by atoms with Gasteiger partial charge >= 0.3 is 0 Å². The van der Waals surface area contributed by atoms with Crippen LogP contribution in [-0.2, 0) is 6.54 Å². The highest BCUT2D eigenvalue weighted by atomic mass is 16.1. The van der Waals surface area contributed by atoms with Crippen LogP contribution in [0.1, 0.15) is 39.0 Å². The molecule has 0 unspecified atom stereocenters. The quantitative estimate of drug-likeness (QED) is 0.795. The van der Waals surface area contributed by atoms with Gasteiger partial charge in [0.15, 0.2) is 5.78 Å². The first-order valence-corrected chi connectivity index (χ1v) is 7.57. The van der Waals surface area contributed by atoms with Crippen molar-refractivity contribution in [1.29, 1.82) is 0 Å². The largest absolute Gasteiger partial charge is 0.299 e. The second-order valence-corrected chi connectivity index (χ2v) is 5.93. The van der Waals surface area contributed by atoms with Crippen molar-refractivity contribution in [2.45, 2.75) is 26.8 Å². The Morgan fingerprint density at radius 1 is 1.05 bits per heavy atom. The lowest BCUT2D eigenvalue weighted by Crippen LogP contribution is -2.36. The maximum Gasteiger partial charge on any atom is 0.193 e. The van der Waals surface area contributed by atoms with Gasteiger partial charge in [-0.3, -0.25) is 9.69 Å². The summed E-state index contributed by atoms with van der Waals surface area (Å²) in [5.74, 6) is 0.146. The predicted molar refractivity (Wildman–Crippen MR) is 85.7 cm³/mol. The van der Waals surface area contributed by atoms with Crippen LogP contribution < -0.4 is 0 Å². The fraction of sp³-hybridized carbons (Fsp3) is 0.316. The fourth-order valence-electron chi connectivity index (χ4n) is 2.79. The summed E-state index contributed by atoms with van der Waals surface area (Å²) in [4.78, 5) is 15.3. The Hall–Kier alpha value is -1.93. The van der Waals surface area contributed by atoms with Crippen LogP contribution in [0.4, 0.5) is 0 Å². The molecule has 0 saturated carbocycles. The van der Waals surface area contributed by atoms with Crippen LogP contribution in [0.3, 0.4) is 0 Å². The molecule has 3 rings (SSSR count). The number of likely N-dealkylation sites (tertiary alicyclic amines) is 1. The van der Waals surface area contributed by atoms with E-state index in [0.717, 1.165) is 47.5 Å². The van der Waals surface area contributed by atoms with E-state index in [1.54, 1.807) is 0 Å². The fourth-order valence-corrected chi connectivity index (χ4v) is 2.79. The highest BCUT2D eigenvalue weighted by Gasteiger charge is 2.19. The lowest BCUT2D eigenvalue weighted by Gasteiger charge is -2.31. The van der Waals surface area contributed by atoms with Gasteiger partial charge < -0.3 is 0 Å². The van der Waals surface area contributed by atoms with Crippen molar-refractivity contribution < 1.29 is 4.79 Å². The normalized spacial score (nSPS) is 14.8. The molecule has 1 fully saturated rings. The van der Waals surface area contributed by atoms with Crippen molar-refractivity contribution in [2.24, 2.45) is 0 Å². The van der Waals surface area contributed by atoms with E-state index < -0.39 is 0 Å². The molecule has 0 amide bonds. The monoisotopic (exact) mass is 279 g/mol. The van der Waals surface area contributed by atoms with Gasteiger partial charge in [-0.1, -0.05) is 42.0 Å². The summed E-state index contributed by atoms with van der Waals surface area (Å²) in [6, 6.07) is 14.1. The third kappa shape index (κ3) is 2.91. The van der Waals surface area contributed by atoms with Gasteiger partial charge in [0.2, 0.25) is 0 Å². The Morgan fingerprint density at radius 2 is 1.81 bits per heavy atom. The third-order valence-electron chi connectivity index (χ3n) is 4.24. The van der Waals surface area contributed by atoms with E-state index in [4.69, 9.17) is 0 Å². The van der Waals surface area contributed by atoms with Crippen LogP contribution in [0.2, 0.25) is 0 Å². The Kier molecular flexibility index (Phi) is 3.89. The van der Waals surface area contributed by atoms with E-state index in [1.807, 2.05) is 44.2 Å². The molecule has 1 aliphatic heterocycles. The molecule has 2 nitrogen and oxygen atoms in total.